The van der Waals surface area contributed by atoms with Crippen molar-refractivity contribution in [1.29, 1.82) is 0 Å². The lowest BCUT2D eigenvalue weighted by Crippen LogP contribution is -2.57. The average Bonchev–Trinajstić information content (AvgIpc) is 2.37. The second-order valence-corrected chi connectivity index (χ2v) is 6.27. The molecule has 1 atom stereocenters. The van der Waals surface area contributed by atoms with E-state index in [1.54, 1.807) is 11.8 Å². The molecule has 1 saturated heterocycles. The van der Waals surface area contributed by atoms with Gasteiger partial charge in [-0.25, -0.2) is 4.79 Å². The van der Waals surface area contributed by atoms with Crippen LogP contribution in [0.2, 0.25) is 0 Å². The highest BCUT2D eigenvalue weighted by Gasteiger charge is 2.44. The first-order valence-electron chi connectivity index (χ1n) is 7.40. The Hall–Kier alpha value is -1.84. The summed E-state index contributed by atoms with van der Waals surface area (Å²) in [5, 5.41) is 9.55. The fourth-order valence-corrected chi connectivity index (χ4v) is 3.32. The molecule has 1 aromatic carbocycles. The van der Waals surface area contributed by atoms with Crippen LogP contribution >= 0.6 is 0 Å². The third-order valence-electron chi connectivity index (χ3n) is 4.49. The van der Waals surface area contributed by atoms with E-state index in [9.17, 15) is 14.7 Å². The topological polar surface area (TPSA) is 57.6 Å². The lowest BCUT2D eigenvalue weighted by molar-refractivity contribution is -0.150. The summed E-state index contributed by atoms with van der Waals surface area (Å²) in [6.07, 6.45) is 2.22. The number of nitrogens with zero attached hydrogens (tertiary/aromatic N) is 1. The Bertz CT molecular complexity index is 571. The van der Waals surface area contributed by atoms with Gasteiger partial charge in [0.1, 0.15) is 5.54 Å². The number of aliphatic carboxylic acids is 1. The predicted molar refractivity (Wildman–Crippen MR) is 81.6 cm³/mol. The van der Waals surface area contributed by atoms with Gasteiger partial charge in [-0.15, -0.1) is 0 Å². The lowest BCUT2D eigenvalue weighted by atomic mass is 9.87. The fraction of sp³-hybridized carbons (Fsp3) is 0.529. The van der Waals surface area contributed by atoms with Crippen LogP contribution in [0.4, 0.5) is 0 Å². The normalized spacial score (nSPS) is 22.2. The molecule has 1 aliphatic rings. The van der Waals surface area contributed by atoms with E-state index < -0.39 is 11.5 Å². The SMILES string of the molecule is Cc1cc(C)c(C(=O)N2CCCCC2(C)C(=O)O)c(C)c1. The first-order valence-corrected chi connectivity index (χ1v) is 7.40. The number of carboxylic acid groups (broad SMARTS) is 1. The zero-order valence-electron chi connectivity index (χ0n) is 13.2. The Kier molecular flexibility index (Phi) is 4.08. The minimum absolute atomic E-state index is 0.158. The van der Waals surface area contributed by atoms with E-state index in [1.807, 2.05) is 32.9 Å². The number of hydrogen-bond donors (Lipinski definition) is 1. The van der Waals surface area contributed by atoms with Crippen LogP contribution in [0, 0.1) is 20.8 Å². The van der Waals surface area contributed by atoms with Crippen LogP contribution in [0.15, 0.2) is 12.1 Å². The molecule has 21 heavy (non-hydrogen) atoms. The summed E-state index contributed by atoms with van der Waals surface area (Å²) in [4.78, 5) is 26.1. The molecular formula is C17H23NO3. The maximum absolute atomic E-state index is 12.9. The van der Waals surface area contributed by atoms with Crippen molar-refractivity contribution in [2.24, 2.45) is 0 Å². The number of carbonyl (C=O) groups is 2. The van der Waals surface area contributed by atoms with E-state index in [-0.39, 0.29) is 5.91 Å². The number of hydrogen-bond acceptors (Lipinski definition) is 2. The summed E-state index contributed by atoms with van der Waals surface area (Å²) < 4.78 is 0. The number of benzene rings is 1. The minimum atomic E-state index is -1.10. The molecule has 0 aliphatic carbocycles. The van der Waals surface area contributed by atoms with Gasteiger partial charge < -0.3 is 10.0 Å². The van der Waals surface area contributed by atoms with Gasteiger partial charge in [0.15, 0.2) is 0 Å². The Balaban J connectivity index is 2.45. The molecule has 1 fully saturated rings. The number of likely N-dealkylation sites (tertiary alicyclic amines) is 1. The smallest absolute Gasteiger partial charge is 0.329 e. The zero-order valence-corrected chi connectivity index (χ0v) is 13.2. The molecule has 0 aromatic heterocycles. The molecule has 1 N–H and O–H groups in total. The summed E-state index contributed by atoms with van der Waals surface area (Å²) in [5.74, 6) is -1.08. The molecule has 4 nitrogen and oxygen atoms in total. The van der Waals surface area contributed by atoms with Gasteiger partial charge in [-0.05, 0) is 58.1 Å². The van der Waals surface area contributed by atoms with Crippen molar-refractivity contribution in [3.05, 3.63) is 34.4 Å². The molecule has 4 heteroatoms. The maximum Gasteiger partial charge on any atom is 0.329 e. The van der Waals surface area contributed by atoms with Gasteiger partial charge in [0.2, 0.25) is 0 Å². The Morgan fingerprint density at radius 2 is 1.71 bits per heavy atom. The molecule has 2 rings (SSSR count). The van der Waals surface area contributed by atoms with Crippen LogP contribution < -0.4 is 0 Å². The molecule has 0 saturated carbocycles. The molecule has 0 spiro atoms. The Labute approximate surface area is 125 Å². The van der Waals surface area contributed by atoms with E-state index in [2.05, 4.69) is 0 Å². The van der Waals surface area contributed by atoms with Gasteiger partial charge in [-0.1, -0.05) is 17.7 Å². The first kappa shape index (κ1) is 15.5. The third kappa shape index (κ3) is 2.67. The van der Waals surface area contributed by atoms with Crippen molar-refractivity contribution in [2.45, 2.75) is 52.5 Å². The average molecular weight is 289 g/mol. The fourth-order valence-electron chi connectivity index (χ4n) is 3.32. The van der Waals surface area contributed by atoms with Gasteiger partial charge in [0, 0.05) is 12.1 Å². The van der Waals surface area contributed by atoms with Crippen LogP contribution in [-0.2, 0) is 4.79 Å². The highest BCUT2D eigenvalue weighted by Crippen LogP contribution is 2.31. The number of carboxylic acids is 1. The van der Waals surface area contributed by atoms with Crippen molar-refractivity contribution in [3.63, 3.8) is 0 Å². The van der Waals surface area contributed by atoms with Crippen molar-refractivity contribution >= 4 is 11.9 Å². The number of piperidine rings is 1. The molecule has 1 aromatic rings. The van der Waals surface area contributed by atoms with Crippen molar-refractivity contribution < 1.29 is 14.7 Å². The van der Waals surface area contributed by atoms with Crippen LogP contribution in [0.3, 0.4) is 0 Å². The maximum atomic E-state index is 12.9. The number of carbonyl (C=O) groups excluding carboxylic acids is 1. The van der Waals surface area contributed by atoms with Crippen molar-refractivity contribution in [1.82, 2.24) is 4.90 Å². The summed E-state index contributed by atoms with van der Waals surface area (Å²) >= 11 is 0. The molecule has 114 valence electrons. The third-order valence-corrected chi connectivity index (χ3v) is 4.49. The molecule has 0 radical (unpaired) electrons. The van der Waals surface area contributed by atoms with Crippen LogP contribution in [0.25, 0.3) is 0 Å². The molecular weight excluding hydrogens is 266 g/mol. The van der Waals surface area contributed by atoms with E-state index >= 15 is 0 Å². The monoisotopic (exact) mass is 289 g/mol. The number of amides is 1. The first-order chi connectivity index (χ1) is 9.77. The standard InChI is InChI=1S/C17H23NO3/c1-11-9-12(2)14(13(3)10-11)15(19)18-8-6-5-7-17(18,4)16(20)21/h9-10H,5-8H2,1-4H3,(H,20,21). The second kappa shape index (κ2) is 5.51. The quantitative estimate of drug-likeness (QED) is 0.910. The van der Waals surface area contributed by atoms with E-state index in [1.165, 1.54) is 0 Å². The second-order valence-electron chi connectivity index (χ2n) is 6.27. The number of aryl methyl sites for hydroxylation is 3. The Morgan fingerprint density at radius 1 is 1.14 bits per heavy atom. The van der Waals surface area contributed by atoms with Gasteiger partial charge in [-0.2, -0.15) is 0 Å². The minimum Gasteiger partial charge on any atom is -0.480 e. The highest BCUT2D eigenvalue weighted by atomic mass is 16.4. The Morgan fingerprint density at radius 3 is 2.24 bits per heavy atom. The van der Waals surface area contributed by atoms with Crippen molar-refractivity contribution in [2.75, 3.05) is 6.54 Å². The van der Waals surface area contributed by atoms with Crippen molar-refractivity contribution in [3.8, 4) is 0 Å². The molecule has 1 amide bonds. The van der Waals surface area contributed by atoms with Gasteiger partial charge in [0.05, 0.1) is 0 Å². The summed E-state index contributed by atoms with van der Waals surface area (Å²) in [6.45, 7) is 7.99. The summed E-state index contributed by atoms with van der Waals surface area (Å²) in [7, 11) is 0. The van der Waals surface area contributed by atoms with Crippen LogP contribution in [0.5, 0.6) is 0 Å². The number of rotatable bonds is 2. The van der Waals surface area contributed by atoms with Crippen LogP contribution in [0.1, 0.15) is 53.2 Å². The van der Waals surface area contributed by atoms with E-state index in [4.69, 9.17) is 0 Å². The predicted octanol–water partition coefficient (Wildman–Crippen LogP) is 3.08. The zero-order chi connectivity index (χ0) is 15.8. The van der Waals surface area contributed by atoms with E-state index in [0.29, 0.717) is 18.5 Å². The molecule has 0 bridgehead atoms. The van der Waals surface area contributed by atoms with Gasteiger partial charge in [0.25, 0.3) is 5.91 Å². The summed E-state index contributed by atoms with van der Waals surface area (Å²) in [5.41, 5.74) is 2.49. The van der Waals surface area contributed by atoms with E-state index in [0.717, 1.165) is 29.5 Å². The molecule has 1 unspecified atom stereocenters. The highest BCUT2D eigenvalue weighted by molar-refractivity contribution is 6.00. The summed E-state index contributed by atoms with van der Waals surface area (Å²) in [6, 6.07) is 3.95. The lowest BCUT2D eigenvalue weighted by Gasteiger charge is -2.42. The molecule has 1 aliphatic heterocycles. The van der Waals surface area contributed by atoms with Gasteiger partial charge in [-0.3, -0.25) is 4.79 Å². The van der Waals surface area contributed by atoms with Crippen LogP contribution in [-0.4, -0.2) is 34.0 Å². The molecule has 1 heterocycles. The largest absolute Gasteiger partial charge is 0.480 e. The van der Waals surface area contributed by atoms with Gasteiger partial charge >= 0.3 is 5.97 Å².